The molecule has 0 aliphatic heterocycles. The molecule has 0 aliphatic rings. The molecule has 0 spiro atoms. The molecule has 0 unspecified atom stereocenters. The van der Waals surface area contributed by atoms with E-state index in [-0.39, 0.29) is 12.2 Å². The van der Waals surface area contributed by atoms with Gasteiger partial charge < -0.3 is 14.6 Å². The number of carboxylic acids is 1. The van der Waals surface area contributed by atoms with Gasteiger partial charge in [0.15, 0.2) is 0 Å². The van der Waals surface area contributed by atoms with Crippen LogP contribution in [0.4, 0.5) is 0 Å². The monoisotopic (exact) mass is 220 g/mol. The second-order valence-corrected chi connectivity index (χ2v) is 3.78. The second-order valence-electron chi connectivity index (χ2n) is 3.78. The van der Waals surface area contributed by atoms with E-state index in [0.29, 0.717) is 16.7 Å². The van der Waals surface area contributed by atoms with Gasteiger partial charge in [0.25, 0.3) is 0 Å². The van der Waals surface area contributed by atoms with Crippen molar-refractivity contribution in [1.29, 1.82) is 0 Å². The molecule has 0 saturated carbocycles. The molecule has 0 fully saturated rings. The number of hydrogen-bond donors (Lipinski definition) is 2. The molecule has 0 amide bonds. The fraction of sp³-hybridized carbons (Fsp3) is 0.250. The minimum Gasteiger partial charge on any atom is -0.478 e. The Hall–Kier alpha value is -1.81. The van der Waals surface area contributed by atoms with E-state index in [1.54, 1.807) is 12.1 Å². The van der Waals surface area contributed by atoms with Crippen molar-refractivity contribution in [2.75, 3.05) is 0 Å². The summed E-state index contributed by atoms with van der Waals surface area (Å²) in [6.07, 6.45) is 0. The van der Waals surface area contributed by atoms with E-state index < -0.39 is 5.97 Å². The Labute approximate surface area is 92.1 Å². The number of furan rings is 1. The molecule has 1 aromatic heterocycles. The predicted molar refractivity (Wildman–Crippen MR) is 58.6 cm³/mol. The van der Waals surface area contributed by atoms with Crippen LogP contribution in [-0.4, -0.2) is 16.2 Å². The predicted octanol–water partition coefficient (Wildman–Crippen LogP) is 2.24. The number of fused-ring (bicyclic) bond motifs is 1. The summed E-state index contributed by atoms with van der Waals surface area (Å²) in [4.78, 5) is 11.1. The number of carboxylic acid groups (broad SMARTS) is 1. The molecule has 0 radical (unpaired) electrons. The lowest BCUT2D eigenvalue weighted by molar-refractivity contribution is 0.0699. The maximum atomic E-state index is 11.1. The first-order valence-corrected chi connectivity index (χ1v) is 4.91. The number of aromatic carboxylic acids is 1. The van der Waals surface area contributed by atoms with Crippen molar-refractivity contribution in [2.45, 2.75) is 20.5 Å². The number of rotatable bonds is 2. The third kappa shape index (κ3) is 1.47. The zero-order valence-corrected chi connectivity index (χ0v) is 9.07. The molecule has 0 saturated heterocycles. The molecule has 2 rings (SSSR count). The molecule has 0 aliphatic carbocycles. The molecular formula is C12H12O4. The van der Waals surface area contributed by atoms with Gasteiger partial charge in [-0.25, -0.2) is 4.79 Å². The Morgan fingerprint density at radius 1 is 1.38 bits per heavy atom. The van der Waals surface area contributed by atoms with Gasteiger partial charge in [0.2, 0.25) is 0 Å². The summed E-state index contributed by atoms with van der Waals surface area (Å²) >= 11 is 0. The summed E-state index contributed by atoms with van der Waals surface area (Å²) in [5, 5.41) is 18.6. The Morgan fingerprint density at radius 2 is 2.06 bits per heavy atom. The van der Waals surface area contributed by atoms with Gasteiger partial charge in [-0.2, -0.15) is 0 Å². The number of hydrogen-bond acceptors (Lipinski definition) is 3. The summed E-state index contributed by atoms with van der Waals surface area (Å²) in [5.41, 5.74) is 2.52. The fourth-order valence-corrected chi connectivity index (χ4v) is 1.76. The summed E-state index contributed by atoms with van der Waals surface area (Å²) < 4.78 is 5.41. The minimum absolute atomic E-state index is 0.210. The largest absolute Gasteiger partial charge is 0.478 e. The fourth-order valence-electron chi connectivity index (χ4n) is 1.76. The van der Waals surface area contributed by atoms with Crippen LogP contribution >= 0.6 is 0 Å². The molecule has 4 nitrogen and oxygen atoms in total. The van der Waals surface area contributed by atoms with Crippen LogP contribution in [0.15, 0.2) is 16.5 Å². The minimum atomic E-state index is -0.988. The van der Waals surface area contributed by atoms with Gasteiger partial charge in [-0.15, -0.1) is 0 Å². The molecule has 4 heteroatoms. The third-order valence-corrected chi connectivity index (χ3v) is 2.75. The number of aliphatic hydroxyl groups is 1. The molecule has 1 heterocycles. The van der Waals surface area contributed by atoms with Gasteiger partial charge in [0.1, 0.15) is 18.0 Å². The summed E-state index contributed by atoms with van der Waals surface area (Å²) in [7, 11) is 0. The van der Waals surface area contributed by atoms with Crippen molar-refractivity contribution in [3.63, 3.8) is 0 Å². The highest BCUT2D eigenvalue weighted by atomic mass is 16.4. The first-order valence-electron chi connectivity index (χ1n) is 4.91. The molecule has 84 valence electrons. The SMILES string of the molecule is Cc1cc(C(=O)O)c2cc(CO)oc2c1C. The average molecular weight is 220 g/mol. The van der Waals surface area contributed by atoms with Crippen LogP contribution in [0.3, 0.4) is 0 Å². The molecule has 2 N–H and O–H groups in total. The quantitative estimate of drug-likeness (QED) is 0.814. The maximum Gasteiger partial charge on any atom is 0.336 e. The zero-order chi connectivity index (χ0) is 11.9. The van der Waals surface area contributed by atoms with Crippen LogP contribution in [0.1, 0.15) is 27.2 Å². The second kappa shape index (κ2) is 3.64. The van der Waals surface area contributed by atoms with Gasteiger partial charge >= 0.3 is 5.97 Å². The topological polar surface area (TPSA) is 70.7 Å². The van der Waals surface area contributed by atoms with Gasteiger partial charge in [-0.3, -0.25) is 0 Å². The van der Waals surface area contributed by atoms with Crippen molar-refractivity contribution in [2.24, 2.45) is 0 Å². The Morgan fingerprint density at radius 3 is 2.62 bits per heavy atom. The van der Waals surface area contributed by atoms with Gasteiger partial charge in [-0.1, -0.05) is 0 Å². The molecule has 2 aromatic rings. The summed E-state index contributed by atoms with van der Waals surface area (Å²) in [6, 6.07) is 3.20. The van der Waals surface area contributed by atoms with Gasteiger partial charge in [-0.05, 0) is 37.1 Å². The van der Waals surface area contributed by atoms with Crippen LogP contribution in [0.5, 0.6) is 0 Å². The first-order chi connectivity index (χ1) is 7.54. The summed E-state index contributed by atoms with van der Waals surface area (Å²) in [5.74, 6) is -0.607. The molecule has 1 aromatic carbocycles. The Bertz CT molecular complexity index is 566. The highest BCUT2D eigenvalue weighted by molar-refractivity contribution is 6.03. The Balaban J connectivity index is 2.86. The van der Waals surface area contributed by atoms with E-state index in [1.165, 1.54) is 0 Å². The molecule has 16 heavy (non-hydrogen) atoms. The summed E-state index contributed by atoms with van der Waals surface area (Å²) in [6.45, 7) is 3.47. The normalized spacial score (nSPS) is 10.9. The highest BCUT2D eigenvalue weighted by Crippen LogP contribution is 2.28. The van der Waals surface area contributed by atoms with Crippen molar-refractivity contribution in [3.8, 4) is 0 Å². The van der Waals surface area contributed by atoms with E-state index in [4.69, 9.17) is 14.6 Å². The van der Waals surface area contributed by atoms with Crippen molar-refractivity contribution >= 4 is 16.9 Å². The van der Waals surface area contributed by atoms with Crippen LogP contribution in [0.25, 0.3) is 11.0 Å². The number of aryl methyl sites for hydroxylation is 2. The number of carbonyl (C=O) groups is 1. The highest BCUT2D eigenvalue weighted by Gasteiger charge is 2.16. The van der Waals surface area contributed by atoms with E-state index in [9.17, 15) is 4.79 Å². The lowest BCUT2D eigenvalue weighted by Gasteiger charge is -2.03. The average Bonchev–Trinajstić information content (AvgIpc) is 2.67. The lowest BCUT2D eigenvalue weighted by atomic mass is 10.0. The van der Waals surface area contributed by atoms with Crippen LogP contribution in [0, 0.1) is 13.8 Å². The third-order valence-electron chi connectivity index (χ3n) is 2.75. The smallest absolute Gasteiger partial charge is 0.336 e. The van der Waals surface area contributed by atoms with Crippen molar-refractivity contribution in [1.82, 2.24) is 0 Å². The standard InChI is InChI=1S/C12H12O4/c1-6-3-10(12(14)15)9-4-8(5-13)16-11(9)7(6)2/h3-4,13H,5H2,1-2H3,(H,14,15). The molecule has 0 bridgehead atoms. The van der Waals surface area contributed by atoms with Crippen LogP contribution < -0.4 is 0 Å². The number of aliphatic hydroxyl groups excluding tert-OH is 1. The van der Waals surface area contributed by atoms with Gasteiger partial charge in [0.05, 0.1) is 5.56 Å². The van der Waals surface area contributed by atoms with E-state index >= 15 is 0 Å². The molecular weight excluding hydrogens is 208 g/mol. The van der Waals surface area contributed by atoms with Crippen LogP contribution in [-0.2, 0) is 6.61 Å². The van der Waals surface area contributed by atoms with Crippen molar-refractivity contribution in [3.05, 3.63) is 34.6 Å². The number of benzene rings is 1. The first kappa shape index (κ1) is 10.7. The lowest BCUT2D eigenvalue weighted by Crippen LogP contribution is -1.98. The van der Waals surface area contributed by atoms with E-state index in [2.05, 4.69) is 0 Å². The van der Waals surface area contributed by atoms with E-state index in [0.717, 1.165) is 11.1 Å². The van der Waals surface area contributed by atoms with Crippen molar-refractivity contribution < 1.29 is 19.4 Å². The maximum absolute atomic E-state index is 11.1. The Kier molecular flexibility index (Phi) is 2.44. The van der Waals surface area contributed by atoms with Gasteiger partial charge in [0, 0.05) is 5.39 Å². The zero-order valence-electron chi connectivity index (χ0n) is 9.07. The van der Waals surface area contributed by atoms with Crippen LogP contribution in [0.2, 0.25) is 0 Å². The van der Waals surface area contributed by atoms with E-state index in [1.807, 2.05) is 13.8 Å². The molecule has 0 atom stereocenters.